The van der Waals surface area contributed by atoms with Gasteiger partial charge in [0.05, 0.1) is 5.60 Å². The highest BCUT2D eigenvalue weighted by molar-refractivity contribution is 5.03. The molecule has 1 nitrogen and oxygen atoms in total. The first kappa shape index (κ1) is 11.2. The summed E-state index contributed by atoms with van der Waals surface area (Å²) in [6.07, 6.45) is 7.32. The lowest BCUT2D eigenvalue weighted by molar-refractivity contribution is -0.0805. The van der Waals surface area contributed by atoms with E-state index >= 15 is 0 Å². The van der Waals surface area contributed by atoms with E-state index in [1.165, 1.54) is 37.7 Å². The molecule has 0 amide bonds. The molecule has 86 valence electrons. The Morgan fingerprint density at radius 3 is 2.73 bits per heavy atom. The van der Waals surface area contributed by atoms with Crippen molar-refractivity contribution < 1.29 is 5.11 Å². The molecule has 0 saturated heterocycles. The maximum atomic E-state index is 10.4. The third kappa shape index (κ3) is 2.13. The molecule has 0 radical (unpaired) electrons. The molecule has 2 saturated carbocycles. The summed E-state index contributed by atoms with van der Waals surface area (Å²) in [5.74, 6) is 1.97. The topological polar surface area (TPSA) is 20.2 Å². The van der Waals surface area contributed by atoms with Crippen molar-refractivity contribution in [1.82, 2.24) is 0 Å². The van der Waals surface area contributed by atoms with E-state index in [4.69, 9.17) is 0 Å². The average Bonchev–Trinajstić information content (AvgIpc) is 2.17. The molecule has 2 aliphatic rings. The lowest BCUT2D eigenvalue weighted by Crippen LogP contribution is -2.45. The number of hydrogen-bond acceptors (Lipinski definition) is 1. The van der Waals surface area contributed by atoms with Gasteiger partial charge in [-0.1, -0.05) is 18.6 Å². The van der Waals surface area contributed by atoms with E-state index < -0.39 is 5.60 Å². The van der Waals surface area contributed by atoms with E-state index in [0.717, 1.165) is 12.3 Å². The number of aliphatic hydroxyl groups is 1. The van der Waals surface area contributed by atoms with E-state index in [1.54, 1.807) is 0 Å². The van der Waals surface area contributed by atoms with Crippen LogP contribution in [0.5, 0.6) is 0 Å². The molecule has 0 unspecified atom stereocenters. The lowest BCUT2D eigenvalue weighted by Gasteiger charge is -2.47. The largest absolute Gasteiger partial charge is 0.390 e. The molecule has 4 atom stereocenters. The summed E-state index contributed by atoms with van der Waals surface area (Å²) in [6.45, 7) is 8.27. The van der Waals surface area contributed by atoms with Crippen LogP contribution < -0.4 is 0 Å². The van der Waals surface area contributed by atoms with Crippen LogP contribution >= 0.6 is 0 Å². The van der Waals surface area contributed by atoms with Gasteiger partial charge in [-0.15, -0.1) is 0 Å². The first-order valence-electron chi connectivity index (χ1n) is 6.38. The van der Waals surface area contributed by atoms with Gasteiger partial charge >= 0.3 is 0 Å². The van der Waals surface area contributed by atoms with Gasteiger partial charge in [0.25, 0.3) is 0 Å². The first-order chi connectivity index (χ1) is 7.00. The SMILES string of the molecule is C=C(C)[C@@H]1CC[C@H]2CCC[C@@](C)(O)[C@@H]2C1. The molecule has 1 N–H and O–H groups in total. The Bertz CT molecular complexity index is 254. The fourth-order valence-corrected chi connectivity index (χ4v) is 3.70. The lowest BCUT2D eigenvalue weighted by atomic mass is 9.60. The summed E-state index contributed by atoms with van der Waals surface area (Å²) in [4.78, 5) is 0. The van der Waals surface area contributed by atoms with Crippen LogP contribution in [0.1, 0.15) is 52.4 Å². The summed E-state index contributed by atoms with van der Waals surface area (Å²) >= 11 is 0. The summed E-state index contributed by atoms with van der Waals surface area (Å²) in [5.41, 5.74) is 0.909. The maximum absolute atomic E-state index is 10.4. The van der Waals surface area contributed by atoms with Gasteiger partial charge in [0.15, 0.2) is 0 Å². The Kier molecular flexibility index (Phi) is 2.94. The third-order valence-corrected chi connectivity index (χ3v) is 4.75. The molecule has 2 fully saturated rings. The van der Waals surface area contributed by atoms with Crippen LogP contribution in [0.15, 0.2) is 12.2 Å². The Morgan fingerprint density at radius 1 is 1.33 bits per heavy atom. The molecule has 2 aliphatic carbocycles. The molecule has 1 heteroatoms. The smallest absolute Gasteiger partial charge is 0.0650 e. The van der Waals surface area contributed by atoms with Crippen molar-refractivity contribution in [2.45, 2.75) is 58.0 Å². The standard InChI is InChI=1S/C14H24O/c1-10(2)12-7-6-11-5-4-8-14(3,15)13(11)9-12/h11-13,15H,1,4-9H2,2-3H3/t11-,12-,13-,14-/m1/s1. The van der Waals surface area contributed by atoms with Gasteiger partial charge in [0, 0.05) is 0 Å². The van der Waals surface area contributed by atoms with Crippen LogP contribution in [0, 0.1) is 17.8 Å². The maximum Gasteiger partial charge on any atom is 0.0650 e. The molecule has 0 aromatic rings. The molecule has 2 rings (SSSR count). The molecule has 0 aromatic carbocycles. The summed E-state index contributed by atoms with van der Waals surface area (Å²) in [5, 5.41) is 10.4. The van der Waals surface area contributed by atoms with Gasteiger partial charge in [-0.3, -0.25) is 0 Å². The predicted molar refractivity (Wildman–Crippen MR) is 63.6 cm³/mol. The second-order valence-electron chi connectivity index (χ2n) is 5.97. The fourth-order valence-electron chi connectivity index (χ4n) is 3.70. The Hall–Kier alpha value is -0.300. The van der Waals surface area contributed by atoms with Crippen LogP contribution in [0.4, 0.5) is 0 Å². The van der Waals surface area contributed by atoms with Crippen molar-refractivity contribution in [3.63, 3.8) is 0 Å². The van der Waals surface area contributed by atoms with Crippen molar-refractivity contribution in [3.05, 3.63) is 12.2 Å². The number of fused-ring (bicyclic) bond motifs is 1. The van der Waals surface area contributed by atoms with Gasteiger partial charge in [-0.05, 0) is 63.7 Å². The zero-order chi connectivity index (χ0) is 11.1. The molecule has 0 heterocycles. The van der Waals surface area contributed by atoms with E-state index in [9.17, 15) is 5.11 Å². The van der Waals surface area contributed by atoms with Gasteiger partial charge in [-0.2, -0.15) is 0 Å². The second-order valence-corrected chi connectivity index (χ2v) is 5.97. The molecule has 15 heavy (non-hydrogen) atoms. The van der Waals surface area contributed by atoms with Crippen LogP contribution in [0.3, 0.4) is 0 Å². The molecular weight excluding hydrogens is 184 g/mol. The van der Waals surface area contributed by atoms with E-state index in [0.29, 0.717) is 11.8 Å². The van der Waals surface area contributed by atoms with Gasteiger partial charge in [-0.25, -0.2) is 0 Å². The van der Waals surface area contributed by atoms with Crippen molar-refractivity contribution in [2.24, 2.45) is 17.8 Å². The molecule has 0 aliphatic heterocycles. The zero-order valence-electron chi connectivity index (χ0n) is 10.1. The first-order valence-corrected chi connectivity index (χ1v) is 6.38. The van der Waals surface area contributed by atoms with E-state index in [2.05, 4.69) is 13.5 Å². The minimum atomic E-state index is -0.406. The zero-order valence-corrected chi connectivity index (χ0v) is 10.1. The number of rotatable bonds is 1. The Labute approximate surface area is 93.6 Å². The van der Waals surface area contributed by atoms with E-state index in [1.807, 2.05) is 6.92 Å². The minimum absolute atomic E-state index is 0.406. The van der Waals surface area contributed by atoms with Crippen molar-refractivity contribution in [2.75, 3.05) is 0 Å². The van der Waals surface area contributed by atoms with Gasteiger partial charge < -0.3 is 5.11 Å². The van der Waals surface area contributed by atoms with E-state index in [-0.39, 0.29) is 0 Å². The number of allylic oxidation sites excluding steroid dienone is 1. The highest BCUT2D eigenvalue weighted by Crippen LogP contribution is 2.48. The average molecular weight is 208 g/mol. The highest BCUT2D eigenvalue weighted by Gasteiger charge is 2.43. The molecule has 0 aromatic heterocycles. The molecule has 0 bridgehead atoms. The second kappa shape index (κ2) is 3.93. The van der Waals surface area contributed by atoms with Crippen molar-refractivity contribution in [3.8, 4) is 0 Å². The highest BCUT2D eigenvalue weighted by atomic mass is 16.3. The van der Waals surface area contributed by atoms with Crippen LogP contribution in [-0.4, -0.2) is 10.7 Å². The monoisotopic (exact) mass is 208 g/mol. The Balaban J connectivity index is 2.10. The minimum Gasteiger partial charge on any atom is -0.390 e. The predicted octanol–water partition coefficient (Wildman–Crippen LogP) is 3.53. The van der Waals surface area contributed by atoms with Crippen LogP contribution in [-0.2, 0) is 0 Å². The van der Waals surface area contributed by atoms with Gasteiger partial charge in [0.1, 0.15) is 0 Å². The quantitative estimate of drug-likeness (QED) is 0.654. The molecular formula is C14H24O. The summed E-state index contributed by atoms with van der Waals surface area (Å²) in [6, 6.07) is 0. The fraction of sp³-hybridized carbons (Fsp3) is 0.857. The Morgan fingerprint density at radius 2 is 2.07 bits per heavy atom. The molecule has 0 spiro atoms. The normalized spacial score (nSPS) is 45.9. The van der Waals surface area contributed by atoms with Crippen LogP contribution in [0.25, 0.3) is 0 Å². The van der Waals surface area contributed by atoms with Crippen LogP contribution in [0.2, 0.25) is 0 Å². The summed E-state index contributed by atoms with van der Waals surface area (Å²) in [7, 11) is 0. The third-order valence-electron chi connectivity index (χ3n) is 4.75. The summed E-state index contributed by atoms with van der Waals surface area (Å²) < 4.78 is 0. The van der Waals surface area contributed by atoms with Gasteiger partial charge in [0.2, 0.25) is 0 Å². The van der Waals surface area contributed by atoms with Crippen molar-refractivity contribution in [1.29, 1.82) is 0 Å². The van der Waals surface area contributed by atoms with Crippen molar-refractivity contribution >= 4 is 0 Å². The number of hydrogen-bond donors (Lipinski definition) is 1.